The number of anilines is 1. The summed E-state index contributed by atoms with van der Waals surface area (Å²) in [7, 11) is 0. The van der Waals surface area contributed by atoms with Gasteiger partial charge in [-0.15, -0.1) is 0 Å². The molecule has 0 heterocycles. The first-order chi connectivity index (χ1) is 7.58. The lowest BCUT2D eigenvalue weighted by atomic mass is 10.3. The average molecular weight is 332 g/mol. The van der Waals surface area contributed by atoms with Crippen LogP contribution in [0.5, 0.6) is 0 Å². The number of carbonyl (C=O) groups excluding carboxylic acids is 1. The van der Waals surface area contributed by atoms with Crippen LogP contribution in [0.25, 0.3) is 0 Å². The Bertz CT molecular complexity index is 353. The number of nitrogens with one attached hydrogen (secondary N) is 2. The minimum absolute atomic E-state index is 0.0511. The van der Waals surface area contributed by atoms with Crippen molar-refractivity contribution in [2.24, 2.45) is 0 Å². The fraction of sp³-hybridized carbons (Fsp3) is 0.417. The number of amides is 1. The van der Waals surface area contributed by atoms with E-state index < -0.39 is 0 Å². The molecule has 0 spiro atoms. The summed E-state index contributed by atoms with van der Waals surface area (Å²) in [5, 5.41) is 6.08. The van der Waals surface area contributed by atoms with E-state index in [1.807, 2.05) is 24.3 Å². The molecule has 1 rings (SSSR count). The smallest absolute Gasteiger partial charge is 0.225 e. The van der Waals surface area contributed by atoms with E-state index in [0.29, 0.717) is 19.0 Å². The Labute approximate surface area is 110 Å². The van der Waals surface area contributed by atoms with E-state index in [1.54, 1.807) is 0 Å². The van der Waals surface area contributed by atoms with Crippen molar-refractivity contribution in [3.63, 3.8) is 0 Å². The summed E-state index contributed by atoms with van der Waals surface area (Å²) in [6.07, 6.45) is 0.504. The second kappa shape index (κ2) is 6.85. The average Bonchev–Trinajstić information content (AvgIpc) is 2.16. The normalized spacial score (nSPS) is 10.5. The molecule has 0 atom stereocenters. The molecule has 16 heavy (non-hydrogen) atoms. The lowest BCUT2D eigenvalue weighted by Crippen LogP contribution is -2.27. The van der Waals surface area contributed by atoms with Crippen molar-refractivity contribution in [2.75, 3.05) is 11.9 Å². The molecule has 1 aromatic carbocycles. The zero-order valence-electron chi connectivity index (χ0n) is 9.59. The second-order valence-corrected chi connectivity index (χ2v) is 5.16. The first kappa shape index (κ1) is 13.4. The Morgan fingerprint density at radius 3 is 2.81 bits per heavy atom. The maximum atomic E-state index is 11.6. The van der Waals surface area contributed by atoms with Crippen molar-refractivity contribution in [1.82, 2.24) is 5.32 Å². The van der Waals surface area contributed by atoms with Crippen LogP contribution in [-0.4, -0.2) is 18.5 Å². The number of carbonyl (C=O) groups is 1. The summed E-state index contributed by atoms with van der Waals surface area (Å²) in [4.78, 5) is 11.6. The van der Waals surface area contributed by atoms with E-state index in [0.717, 1.165) is 9.26 Å². The number of halogens is 1. The number of benzene rings is 1. The van der Waals surface area contributed by atoms with Gasteiger partial charge < -0.3 is 10.6 Å². The van der Waals surface area contributed by atoms with Crippen LogP contribution in [0.4, 0.5) is 5.69 Å². The van der Waals surface area contributed by atoms with E-state index in [-0.39, 0.29) is 5.91 Å². The third-order valence-corrected chi connectivity index (χ3v) is 2.68. The third-order valence-electron chi connectivity index (χ3n) is 2.01. The summed E-state index contributed by atoms with van der Waals surface area (Å²) in [5.74, 6) is 0.0511. The van der Waals surface area contributed by atoms with Crippen LogP contribution in [0.2, 0.25) is 0 Å². The Kier molecular flexibility index (Phi) is 5.76. The molecule has 0 aliphatic heterocycles. The van der Waals surface area contributed by atoms with Gasteiger partial charge in [0.25, 0.3) is 0 Å². The predicted molar refractivity (Wildman–Crippen MR) is 75.5 cm³/mol. The highest BCUT2D eigenvalue weighted by atomic mass is 127. The standard InChI is InChI=1S/C12H17IN2O/c1-9(2)14-7-6-12(16)15-11-5-3-4-10(13)8-11/h3-5,8-9,14H,6-7H2,1-2H3,(H,15,16). The molecule has 0 bridgehead atoms. The van der Waals surface area contributed by atoms with Crippen LogP contribution in [0, 0.1) is 3.57 Å². The zero-order chi connectivity index (χ0) is 12.0. The van der Waals surface area contributed by atoms with Crippen molar-refractivity contribution < 1.29 is 4.79 Å². The Balaban J connectivity index is 2.34. The van der Waals surface area contributed by atoms with Crippen LogP contribution in [-0.2, 0) is 4.79 Å². The van der Waals surface area contributed by atoms with E-state index in [9.17, 15) is 4.79 Å². The van der Waals surface area contributed by atoms with Gasteiger partial charge in [0.1, 0.15) is 0 Å². The van der Waals surface area contributed by atoms with Gasteiger partial charge in [0, 0.05) is 28.3 Å². The lowest BCUT2D eigenvalue weighted by molar-refractivity contribution is -0.116. The Morgan fingerprint density at radius 2 is 2.19 bits per heavy atom. The summed E-state index contributed by atoms with van der Waals surface area (Å²) < 4.78 is 1.12. The molecule has 0 aliphatic carbocycles. The number of rotatable bonds is 5. The SMILES string of the molecule is CC(C)NCCC(=O)Nc1cccc(I)c1. The van der Waals surface area contributed by atoms with Crippen molar-refractivity contribution in [1.29, 1.82) is 0 Å². The molecular weight excluding hydrogens is 315 g/mol. The molecule has 0 aromatic heterocycles. The highest BCUT2D eigenvalue weighted by molar-refractivity contribution is 14.1. The molecule has 1 aromatic rings. The molecule has 88 valence electrons. The van der Waals surface area contributed by atoms with Crippen LogP contribution >= 0.6 is 22.6 Å². The van der Waals surface area contributed by atoms with E-state index in [4.69, 9.17) is 0 Å². The number of hydrogen-bond acceptors (Lipinski definition) is 2. The lowest BCUT2D eigenvalue weighted by Gasteiger charge is -2.08. The van der Waals surface area contributed by atoms with Gasteiger partial charge in [-0.1, -0.05) is 19.9 Å². The first-order valence-corrected chi connectivity index (χ1v) is 6.44. The fourth-order valence-electron chi connectivity index (χ4n) is 1.26. The molecule has 0 unspecified atom stereocenters. The van der Waals surface area contributed by atoms with Crippen molar-refractivity contribution >= 4 is 34.2 Å². The van der Waals surface area contributed by atoms with Gasteiger partial charge in [-0.25, -0.2) is 0 Å². The number of hydrogen-bond donors (Lipinski definition) is 2. The Hall–Kier alpha value is -0.620. The summed E-state index contributed by atoms with van der Waals surface area (Å²) in [5.41, 5.74) is 0.862. The van der Waals surface area contributed by atoms with E-state index in [2.05, 4.69) is 47.1 Å². The summed E-state index contributed by atoms with van der Waals surface area (Å²) >= 11 is 2.23. The predicted octanol–water partition coefficient (Wildman–Crippen LogP) is 2.62. The first-order valence-electron chi connectivity index (χ1n) is 5.36. The minimum atomic E-state index is 0.0511. The monoisotopic (exact) mass is 332 g/mol. The summed E-state index contributed by atoms with van der Waals surface area (Å²) in [6.45, 7) is 4.85. The maximum absolute atomic E-state index is 11.6. The van der Waals surface area contributed by atoms with Gasteiger partial charge in [-0.3, -0.25) is 4.79 Å². The highest BCUT2D eigenvalue weighted by Gasteiger charge is 2.02. The molecule has 0 saturated carbocycles. The maximum Gasteiger partial charge on any atom is 0.225 e. The molecule has 0 fully saturated rings. The van der Waals surface area contributed by atoms with Crippen LogP contribution in [0.1, 0.15) is 20.3 Å². The van der Waals surface area contributed by atoms with Crippen LogP contribution in [0.15, 0.2) is 24.3 Å². The van der Waals surface area contributed by atoms with Crippen molar-refractivity contribution in [3.8, 4) is 0 Å². The second-order valence-electron chi connectivity index (χ2n) is 3.92. The van der Waals surface area contributed by atoms with Crippen molar-refractivity contribution in [3.05, 3.63) is 27.8 Å². The third kappa shape index (κ3) is 5.46. The van der Waals surface area contributed by atoms with Crippen LogP contribution < -0.4 is 10.6 Å². The quantitative estimate of drug-likeness (QED) is 0.814. The summed E-state index contributed by atoms with van der Waals surface area (Å²) in [6, 6.07) is 8.20. The van der Waals surface area contributed by atoms with Gasteiger partial charge in [0.05, 0.1) is 0 Å². The van der Waals surface area contributed by atoms with Gasteiger partial charge >= 0.3 is 0 Å². The van der Waals surface area contributed by atoms with Gasteiger partial charge in [0.2, 0.25) is 5.91 Å². The molecule has 4 heteroatoms. The molecule has 3 nitrogen and oxygen atoms in total. The molecule has 2 N–H and O–H groups in total. The molecular formula is C12H17IN2O. The fourth-order valence-corrected chi connectivity index (χ4v) is 1.81. The Morgan fingerprint density at radius 1 is 1.44 bits per heavy atom. The van der Waals surface area contributed by atoms with Gasteiger partial charge in [-0.2, -0.15) is 0 Å². The highest BCUT2D eigenvalue weighted by Crippen LogP contribution is 2.12. The van der Waals surface area contributed by atoms with Gasteiger partial charge in [0.15, 0.2) is 0 Å². The van der Waals surface area contributed by atoms with Gasteiger partial charge in [-0.05, 0) is 40.8 Å². The minimum Gasteiger partial charge on any atom is -0.326 e. The molecule has 0 saturated heterocycles. The molecule has 0 radical (unpaired) electrons. The molecule has 1 amide bonds. The largest absolute Gasteiger partial charge is 0.326 e. The van der Waals surface area contributed by atoms with Crippen LogP contribution in [0.3, 0.4) is 0 Å². The topological polar surface area (TPSA) is 41.1 Å². The zero-order valence-corrected chi connectivity index (χ0v) is 11.7. The van der Waals surface area contributed by atoms with E-state index in [1.165, 1.54) is 0 Å². The molecule has 0 aliphatic rings. The van der Waals surface area contributed by atoms with E-state index >= 15 is 0 Å². The van der Waals surface area contributed by atoms with Crippen molar-refractivity contribution in [2.45, 2.75) is 26.3 Å².